The Labute approximate surface area is 117 Å². The average molecular weight is 286 g/mol. The van der Waals surface area contributed by atoms with E-state index in [9.17, 15) is 15.2 Å². The van der Waals surface area contributed by atoms with Gasteiger partial charge in [-0.05, 0) is 6.42 Å². The second-order valence-electron chi connectivity index (χ2n) is 4.94. The predicted molar refractivity (Wildman–Crippen MR) is 74.9 cm³/mol. The van der Waals surface area contributed by atoms with Crippen LogP contribution in [0.15, 0.2) is 0 Å². The lowest BCUT2D eigenvalue weighted by molar-refractivity contribution is -0.384. The molecule has 0 saturated heterocycles. The Morgan fingerprint density at radius 1 is 1.55 bits per heavy atom. The molecule has 20 heavy (non-hydrogen) atoms. The van der Waals surface area contributed by atoms with Gasteiger partial charge in [0.15, 0.2) is 0 Å². The number of anilines is 1. The van der Waals surface area contributed by atoms with Crippen molar-refractivity contribution in [3.8, 4) is 0 Å². The van der Waals surface area contributed by atoms with Crippen molar-refractivity contribution < 1.29 is 14.8 Å². The number of nitro groups is 1. The van der Waals surface area contributed by atoms with E-state index in [1.807, 2.05) is 13.8 Å². The Bertz CT molecular complexity index is 459. The van der Waals surface area contributed by atoms with Gasteiger partial charge >= 0.3 is 5.69 Å². The second kappa shape index (κ2) is 7.20. The molecule has 1 aromatic heterocycles. The van der Waals surface area contributed by atoms with Crippen LogP contribution in [0.3, 0.4) is 0 Å². The summed E-state index contributed by atoms with van der Waals surface area (Å²) in [5.41, 5.74) is 0.459. The van der Waals surface area contributed by atoms with Crippen LogP contribution in [0.4, 0.5) is 11.5 Å². The fraction of sp³-hybridized carbons (Fsp3) is 0.750. The van der Waals surface area contributed by atoms with E-state index in [0.717, 1.165) is 0 Å². The first kappa shape index (κ1) is 16.4. The SMILES string of the molecule is COCC(O)CCNc1c([N+](=O)[O-])c(C(C)C)nn1C. The first-order valence-corrected chi connectivity index (χ1v) is 6.50. The highest BCUT2D eigenvalue weighted by molar-refractivity contribution is 5.60. The zero-order chi connectivity index (χ0) is 15.3. The number of methoxy groups -OCH3 is 1. The van der Waals surface area contributed by atoms with Gasteiger partial charge in [0.05, 0.1) is 17.6 Å². The Hall–Kier alpha value is -1.67. The summed E-state index contributed by atoms with van der Waals surface area (Å²) >= 11 is 0. The van der Waals surface area contributed by atoms with E-state index in [-0.39, 0.29) is 18.2 Å². The van der Waals surface area contributed by atoms with Gasteiger partial charge < -0.3 is 15.2 Å². The molecule has 1 aromatic rings. The standard InChI is InChI=1S/C12H22N4O4/c1-8(2)10-11(16(18)19)12(15(3)14-10)13-6-5-9(17)7-20-4/h8-9,13,17H,5-7H2,1-4H3. The molecule has 0 aliphatic heterocycles. The van der Waals surface area contributed by atoms with Crippen LogP contribution in [0.25, 0.3) is 0 Å². The van der Waals surface area contributed by atoms with Gasteiger partial charge in [-0.1, -0.05) is 13.8 Å². The lowest BCUT2D eigenvalue weighted by Crippen LogP contribution is -2.19. The normalized spacial score (nSPS) is 12.7. The van der Waals surface area contributed by atoms with E-state index < -0.39 is 11.0 Å². The minimum Gasteiger partial charge on any atom is -0.391 e. The van der Waals surface area contributed by atoms with Crippen molar-refractivity contribution in [1.82, 2.24) is 9.78 Å². The molecule has 1 unspecified atom stereocenters. The highest BCUT2D eigenvalue weighted by atomic mass is 16.6. The summed E-state index contributed by atoms with van der Waals surface area (Å²) < 4.78 is 6.29. The van der Waals surface area contributed by atoms with E-state index in [1.54, 1.807) is 7.05 Å². The van der Waals surface area contributed by atoms with Gasteiger partial charge in [0.25, 0.3) is 0 Å². The quantitative estimate of drug-likeness (QED) is 0.551. The minimum atomic E-state index is -0.593. The van der Waals surface area contributed by atoms with Crippen LogP contribution in [-0.4, -0.2) is 46.2 Å². The average Bonchev–Trinajstić information content (AvgIpc) is 2.67. The molecule has 0 fully saturated rings. The summed E-state index contributed by atoms with van der Waals surface area (Å²) in [6.45, 7) is 4.37. The maximum atomic E-state index is 11.2. The zero-order valence-corrected chi connectivity index (χ0v) is 12.3. The molecule has 0 spiro atoms. The molecule has 0 radical (unpaired) electrons. The number of nitrogens with one attached hydrogen (secondary N) is 1. The van der Waals surface area contributed by atoms with Gasteiger partial charge in [-0.25, -0.2) is 4.68 Å². The molecular weight excluding hydrogens is 264 g/mol. The fourth-order valence-electron chi connectivity index (χ4n) is 1.93. The van der Waals surface area contributed by atoms with Gasteiger partial charge in [0.2, 0.25) is 5.82 Å². The van der Waals surface area contributed by atoms with Crippen molar-refractivity contribution in [2.45, 2.75) is 32.3 Å². The van der Waals surface area contributed by atoms with Gasteiger partial charge in [-0.3, -0.25) is 10.1 Å². The molecule has 2 N–H and O–H groups in total. The highest BCUT2D eigenvalue weighted by Crippen LogP contribution is 2.32. The van der Waals surface area contributed by atoms with Crippen molar-refractivity contribution in [3.05, 3.63) is 15.8 Å². The van der Waals surface area contributed by atoms with Crippen molar-refractivity contribution >= 4 is 11.5 Å². The summed E-state index contributed by atoms with van der Waals surface area (Å²) in [6.07, 6.45) is -0.156. The van der Waals surface area contributed by atoms with Crippen LogP contribution in [-0.2, 0) is 11.8 Å². The van der Waals surface area contributed by atoms with E-state index in [1.165, 1.54) is 11.8 Å². The third-order valence-electron chi connectivity index (χ3n) is 2.91. The molecule has 0 aromatic carbocycles. The molecule has 114 valence electrons. The Morgan fingerprint density at radius 3 is 2.70 bits per heavy atom. The number of aliphatic hydroxyl groups is 1. The third kappa shape index (κ3) is 3.91. The van der Waals surface area contributed by atoms with Crippen LogP contribution in [0.1, 0.15) is 31.9 Å². The van der Waals surface area contributed by atoms with Crippen LogP contribution < -0.4 is 5.32 Å². The number of hydrogen-bond donors (Lipinski definition) is 2. The Balaban J connectivity index is 2.81. The van der Waals surface area contributed by atoms with E-state index in [4.69, 9.17) is 4.74 Å². The predicted octanol–water partition coefficient (Wildman–Crippen LogP) is 1.26. The zero-order valence-electron chi connectivity index (χ0n) is 12.3. The number of aryl methyl sites for hydroxylation is 1. The van der Waals surface area contributed by atoms with Crippen molar-refractivity contribution in [3.63, 3.8) is 0 Å². The van der Waals surface area contributed by atoms with Crippen molar-refractivity contribution in [2.75, 3.05) is 25.6 Å². The fourth-order valence-corrected chi connectivity index (χ4v) is 1.93. The summed E-state index contributed by atoms with van der Waals surface area (Å²) in [6, 6.07) is 0. The molecule has 0 aliphatic carbocycles. The number of nitrogens with zero attached hydrogens (tertiary/aromatic N) is 3. The number of aromatic nitrogens is 2. The summed E-state index contributed by atoms with van der Waals surface area (Å²) in [5, 5.41) is 27.9. The molecule has 1 atom stereocenters. The highest BCUT2D eigenvalue weighted by Gasteiger charge is 2.28. The molecule has 0 bridgehead atoms. The molecule has 0 amide bonds. The first-order chi connectivity index (χ1) is 9.38. The van der Waals surface area contributed by atoms with Crippen molar-refractivity contribution in [1.29, 1.82) is 0 Å². The van der Waals surface area contributed by atoms with E-state index in [0.29, 0.717) is 24.5 Å². The molecular formula is C12H22N4O4. The second-order valence-corrected chi connectivity index (χ2v) is 4.94. The Morgan fingerprint density at radius 2 is 2.20 bits per heavy atom. The maximum absolute atomic E-state index is 11.2. The van der Waals surface area contributed by atoms with Crippen LogP contribution >= 0.6 is 0 Å². The summed E-state index contributed by atoms with van der Waals surface area (Å²) in [5.74, 6) is 0.333. The van der Waals surface area contributed by atoms with E-state index in [2.05, 4.69) is 10.4 Å². The van der Waals surface area contributed by atoms with Gasteiger partial charge in [-0.15, -0.1) is 0 Å². The van der Waals surface area contributed by atoms with Crippen LogP contribution in [0.2, 0.25) is 0 Å². The topological polar surface area (TPSA) is 102 Å². The summed E-state index contributed by atoms with van der Waals surface area (Å²) in [7, 11) is 3.17. The van der Waals surface area contributed by atoms with E-state index >= 15 is 0 Å². The molecule has 1 heterocycles. The number of ether oxygens (including phenoxy) is 1. The lowest BCUT2D eigenvalue weighted by atomic mass is 10.1. The number of rotatable bonds is 8. The smallest absolute Gasteiger partial charge is 0.334 e. The number of aliphatic hydroxyl groups excluding tert-OH is 1. The number of hydrogen-bond acceptors (Lipinski definition) is 6. The Kier molecular flexibility index (Phi) is 5.90. The molecule has 0 saturated carbocycles. The maximum Gasteiger partial charge on any atom is 0.334 e. The molecule has 8 heteroatoms. The van der Waals surface area contributed by atoms with Gasteiger partial charge in [0, 0.05) is 26.6 Å². The summed E-state index contributed by atoms with van der Waals surface area (Å²) in [4.78, 5) is 10.8. The van der Waals surface area contributed by atoms with Crippen LogP contribution in [0, 0.1) is 10.1 Å². The monoisotopic (exact) mass is 286 g/mol. The molecule has 0 aliphatic rings. The largest absolute Gasteiger partial charge is 0.391 e. The van der Waals surface area contributed by atoms with Gasteiger partial charge in [-0.2, -0.15) is 5.10 Å². The first-order valence-electron chi connectivity index (χ1n) is 6.50. The lowest BCUT2D eigenvalue weighted by Gasteiger charge is -2.10. The third-order valence-corrected chi connectivity index (χ3v) is 2.91. The molecule has 8 nitrogen and oxygen atoms in total. The van der Waals surface area contributed by atoms with Gasteiger partial charge in [0.1, 0.15) is 5.69 Å². The van der Waals surface area contributed by atoms with Crippen molar-refractivity contribution in [2.24, 2.45) is 7.05 Å². The van der Waals surface area contributed by atoms with Crippen LogP contribution in [0.5, 0.6) is 0 Å². The molecule has 1 rings (SSSR count). The minimum absolute atomic E-state index is 0.00345.